The largest absolute Gasteiger partial charge is 0.478 e. The van der Waals surface area contributed by atoms with Crippen LogP contribution < -0.4 is 0 Å². The van der Waals surface area contributed by atoms with E-state index in [1.807, 2.05) is 18.2 Å². The van der Waals surface area contributed by atoms with Crippen LogP contribution >= 0.6 is 11.6 Å². The quantitative estimate of drug-likeness (QED) is 0.726. The Bertz CT molecular complexity index is 796. The van der Waals surface area contributed by atoms with Gasteiger partial charge in [-0.15, -0.1) is 0 Å². The van der Waals surface area contributed by atoms with E-state index in [0.29, 0.717) is 10.7 Å². The second kappa shape index (κ2) is 5.54. The second-order valence-electron chi connectivity index (χ2n) is 4.72. The molecule has 2 heterocycles. The van der Waals surface area contributed by atoms with E-state index in [-0.39, 0.29) is 0 Å². The van der Waals surface area contributed by atoms with Gasteiger partial charge in [-0.1, -0.05) is 23.7 Å². The van der Waals surface area contributed by atoms with Gasteiger partial charge in [0.05, 0.1) is 10.9 Å². The van der Waals surface area contributed by atoms with Gasteiger partial charge in [0.15, 0.2) is 0 Å². The smallest absolute Gasteiger partial charge is 0.335 e. The molecular formula is C15H12ClN3O2. The molecule has 0 amide bonds. The van der Waals surface area contributed by atoms with Crippen molar-refractivity contribution in [1.82, 2.24) is 15.0 Å². The Hall–Kier alpha value is -2.40. The highest BCUT2D eigenvalue weighted by atomic mass is 35.5. The Morgan fingerprint density at radius 1 is 1.19 bits per heavy atom. The fourth-order valence-corrected chi connectivity index (χ4v) is 2.38. The average molecular weight is 302 g/mol. The van der Waals surface area contributed by atoms with Crippen molar-refractivity contribution in [3.63, 3.8) is 0 Å². The number of aromatic carboxylic acids is 1. The summed E-state index contributed by atoms with van der Waals surface area (Å²) in [6, 6.07) is 8.84. The number of carboxylic acid groups (broad SMARTS) is 1. The van der Waals surface area contributed by atoms with E-state index in [1.165, 1.54) is 6.33 Å². The monoisotopic (exact) mass is 301 g/mol. The lowest BCUT2D eigenvalue weighted by molar-refractivity contribution is 0.0697. The van der Waals surface area contributed by atoms with Gasteiger partial charge >= 0.3 is 5.97 Å². The molecule has 2 aromatic heterocycles. The summed E-state index contributed by atoms with van der Waals surface area (Å²) >= 11 is 6.01. The standard InChI is InChI=1S/C15H12ClN3O2/c16-13-12-7-11(19-14(12)18-8-17-13)6-3-9-1-4-10(5-2-9)15(20)21/h1-2,4-5,7-8H,3,6H2,(H,20,21)(H,17,18,19). The van der Waals surface area contributed by atoms with Crippen LogP contribution in [0.5, 0.6) is 0 Å². The molecule has 3 aromatic rings. The molecule has 0 atom stereocenters. The zero-order valence-corrected chi connectivity index (χ0v) is 11.8. The molecule has 0 fully saturated rings. The number of nitrogens with one attached hydrogen (secondary N) is 1. The fourth-order valence-electron chi connectivity index (χ4n) is 2.19. The number of carbonyl (C=O) groups is 1. The molecule has 0 unspecified atom stereocenters. The normalized spacial score (nSPS) is 10.9. The number of hydrogen-bond donors (Lipinski definition) is 2. The van der Waals surface area contributed by atoms with Gasteiger partial charge in [-0.3, -0.25) is 0 Å². The van der Waals surface area contributed by atoms with Gasteiger partial charge in [-0.2, -0.15) is 0 Å². The maximum absolute atomic E-state index is 10.8. The summed E-state index contributed by atoms with van der Waals surface area (Å²) in [5.74, 6) is -0.912. The summed E-state index contributed by atoms with van der Waals surface area (Å²) in [5, 5.41) is 10.1. The van der Waals surface area contributed by atoms with Crippen LogP contribution in [0.25, 0.3) is 11.0 Å². The number of benzene rings is 1. The molecule has 5 nitrogen and oxygen atoms in total. The molecule has 3 rings (SSSR count). The van der Waals surface area contributed by atoms with Crippen LogP contribution in [0, 0.1) is 0 Å². The molecule has 6 heteroatoms. The lowest BCUT2D eigenvalue weighted by Crippen LogP contribution is -1.97. The lowest BCUT2D eigenvalue weighted by Gasteiger charge is -2.01. The topological polar surface area (TPSA) is 78.9 Å². The third-order valence-electron chi connectivity index (χ3n) is 3.32. The first-order valence-electron chi connectivity index (χ1n) is 6.44. The summed E-state index contributed by atoms with van der Waals surface area (Å²) < 4.78 is 0. The number of hydrogen-bond acceptors (Lipinski definition) is 3. The third-order valence-corrected chi connectivity index (χ3v) is 3.62. The minimum Gasteiger partial charge on any atom is -0.478 e. The highest BCUT2D eigenvalue weighted by molar-refractivity contribution is 6.33. The molecule has 2 N–H and O–H groups in total. The molecule has 21 heavy (non-hydrogen) atoms. The molecule has 0 bridgehead atoms. The summed E-state index contributed by atoms with van der Waals surface area (Å²) in [4.78, 5) is 22.1. The average Bonchev–Trinajstić information content (AvgIpc) is 2.90. The van der Waals surface area contributed by atoms with Gasteiger partial charge in [0, 0.05) is 5.69 Å². The number of fused-ring (bicyclic) bond motifs is 1. The Balaban J connectivity index is 1.74. The molecule has 0 radical (unpaired) electrons. The number of halogens is 1. The van der Waals surface area contributed by atoms with E-state index >= 15 is 0 Å². The molecule has 0 saturated heterocycles. The van der Waals surface area contributed by atoms with Gasteiger partial charge in [-0.25, -0.2) is 14.8 Å². The lowest BCUT2D eigenvalue weighted by atomic mass is 10.1. The van der Waals surface area contributed by atoms with Crippen LogP contribution in [0.2, 0.25) is 5.15 Å². The highest BCUT2D eigenvalue weighted by Crippen LogP contribution is 2.20. The summed E-state index contributed by atoms with van der Waals surface area (Å²) in [7, 11) is 0. The van der Waals surface area contributed by atoms with Crippen molar-refractivity contribution >= 4 is 28.6 Å². The van der Waals surface area contributed by atoms with Gasteiger partial charge < -0.3 is 10.1 Å². The molecule has 0 aliphatic rings. The zero-order valence-electron chi connectivity index (χ0n) is 11.0. The van der Waals surface area contributed by atoms with Crippen LogP contribution in [0.1, 0.15) is 21.6 Å². The number of H-pyrrole nitrogens is 1. The van der Waals surface area contributed by atoms with E-state index in [0.717, 1.165) is 35.1 Å². The molecule has 0 aliphatic heterocycles. The predicted molar refractivity (Wildman–Crippen MR) is 79.7 cm³/mol. The Labute approximate surface area is 125 Å². The number of nitrogens with zero attached hydrogens (tertiary/aromatic N) is 2. The minimum atomic E-state index is -0.912. The van der Waals surface area contributed by atoms with Crippen molar-refractivity contribution in [2.75, 3.05) is 0 Å². The zero-order chi connectivity index (χ0) is 14.8. The Kier molecular flexibility index (Phi) is 3.58. The Morgan fingerprint density at radius 2 is 1.95 bits per heavy atom. The van der Waals surface area contributed by atoms with E-state index < -0.39 is 5.97 Å². The summed E-state index contributed by atoms with van der Waals surface area (Å²) in [5.41, 5.74) is 3.13. The van der Waals surface area contributed by atoms with Crippen LogP contribution in [-0.4, -0.2) is 26.0 Å². The van der Waals surface area contributed by atoms with Crippen LogP contribution in [0.4, 0.5) is 0 Å². The molecule has 106 valence electrons. The van der Waals surface area contributed by atoms with Gasteiger partial charge in [0.2, 0.25) is 0 Å². The highest BCUT2D eigenvalue weighted by Gasteiger charge is 2.07. The van der Waals surface area contributed by atoms with Gasteiger partial charge in [0.25, 0.3) is 0 Å². The van der Waals surface area contributed by atoms with Crippen molar-refractivity contribution < 1.29 is 9.90 Å². The van der Waals surface area contributed by atoms with Crippen LogP contribution in [-0.2, 0) is 12.8 Å². The summed E-state index contributed by atoms with van der Waals surface area (Å²) in [6.45, 7) is 0. The number of carboxylic acids is 1. The minimum absolute atomic E-state index is 0.298. The molecule has 0 spiro atoms. The molecule has 1 aromatic carbocycles. The van der Waals surface area contributed by atoms with Crippen LogP contribution in [0.3, 0.4) is 0 Å². The Morgan fingerprint density at radius 3 is 2.62 bits per heavy atom. The first-order valence-corrected chi connectivity index (χ1v) is 6.81. The van der Waals surface area contributed by atoms with E-state index in [9.17, 15) is 4.79 Å². The van der Waals surface area contributed by atoms with Crippen molar-refractivity contribution in [3.8, 4) is 0 Å². The number of aromatic nitrogens is 3. The van der Waals surface area contributed by atoms with E-state index in [4.69, 9.17) is 16.7 Å². The van der Waals surface area contributed by atoms with Gasteiger partial charge in [-0.05, 0) is 36.6 Å². The maximum atomic E-state index is 10.8. The van der Waals surface area contributed by atoms with Crippen molar-refractivity contribution in [2.24, 2.45) is 0 Å². The molecule has 0 saturated carbocycles. The van der Waals surface area contributed by atoms with Crippen molar-refractivity contribution in [1.29, 1.82) is 0 Å². The number of aromatic amines is 1. The first-order chi connectivity index (χ1) is 10.1. The summed E-state index contributed by atoms with van der Waals surface area (Å²) in [6.07, 6.45) is 3.02. The van der Waals surface area contributed by atoms with Crippen molar-refractivity contribution in [2.45, 2.75) is 12.8 Å². The van der Waals surface area contributed by atoms with Crippen molar-refractivity contribution in [3.05, 3.63) is 58.6 Å². The number of aryl methyl sites for hydroxylation is 2. The van der Waals surface area contributed by atoms with E-state index in [1.54, 1.807) is 12.1 Å². The first kappa shape index (κ1) is 13.6. The fraction of sp³-hybridized carbons (Fsp3) is 0.133. The van der Waals surface area contributed by atoms with Crippen LogP contribution in [0.15, 0.2) is 36.7 Å². The second-order valence-corrected chi connectivity index (χ2v) is 5.08. The predicted octanol–water partition coefficient (Wildman–Crippen LogP) is 3.09. The maximum Gasteiger partial charge on any atom is 0.335 e. The SMILES string of the molecule is O=C(O)c1ccc(CCc2cc3c(Cl)ncnc3[nH]2)cc1. The third kappa shape index (κ3) is 2.87. The van der Waals surface area contributed by atoms with E-state index in [2.05, 4.69) is 15.0 Å². The molecular weight excluding hydrogens is 290 g/mol. The number of rotatable bonds is 4. The van der Waals surface area contributed by atoms with Gasteiger partial charge in [0.1, 0.15) is 17.1 Å². The molecule has 0 aliphatic carbocycles.